The number of carbonyl (C=O) groups is 1. The van der Waals surface area contributed by atoms with Crippen LogP contribution < -0.4 is 20.7 Å². The smallest absolute Gasteiger partial charge is 0.416 e. The average molecular weight is 471 g/mol. The minimum absolute atomic E-state index is 0.0288. The van der Waals surface area contributed by atoms with Crippen LogP contribution in [0.5, 0.6) is 11.6 Å². The topological polar surface area (TPSA) is 88.2 Å². The van der Waals surface area contributed by atoms with E-state index in [4.69, 9.17) is 4.74 Å². The van der Waals surface area contributed by atoms with Gasteiger partial charge in [0.15, 0.2) is 0 Å². The maximum Gasteiger partial charge on any atom is 0.416 e. The summed E-state index contributed by atoms with van der Waals surface area (Å²) >= 11 is 0. The van der Waals surface area contributed by atoms with Gasteiger partial charge in [-0.3, -0.25) is 0 Å². The molecule has 0 aliphatic rings. The quantitative estimate of drug-likeness (QED) is 0.398. The predicted octanol–water partition coefficient (Wildman–Crippen LogP) is 5.99. The van der Waals surface area contributed by atoms with E-state index in [2.05, 4.69) is 20.6 Å². The Kier molecular flexibility index (Phi) is 6.60. The number of benzene rings is 2. The maximum absolute atomic E-state index is 12.9. The molecule has 0 spiro atoms. The third-order valence-electron chi connectivity index (χ3n) is 4.03. The Morgan fingerprint density at radius 3 is 1.97 bits per heavy atom. The Balaban J connectivity index is 1.69. The number of nitrogens with zero attached hydrogens (tertiary/aromatic N) is 2. The molecule has 174 valence electrons. The second-order valence-corrected chi connectivity index (χ2v) is 6.47. The SMILES string of the molecule is CNc1nccc(Oc2ccc(NC(=O)Nc3cc(C(F)(F)F)cc(C(F)(F)F)c3)cc2)n1. The number of amides is 2. The van der Waals surface area contributed by atoms with Crippen LogP contribution in [0.15, 0.2) is 54.7 Å². The number of hydrogen-bond donors (Lipinski definition) is 3. The Bertz CT molecular complexity index is 1100. The summed E-state index contributed by atoms with van der Waals surface area (Å²) in [6.45, 7) is 0. The van der Waals surface area contributed by atoms with Gasteiger partial charge in [-0.1, -0.05) is 0 Å². The summed E-state index contributed by atoms with van der Waals surface area (Å²) in [5.74, 6) is 0.943. The van der Waals surface area contributed by atoms with Gasteiger partial charge in [0.1, 0.15) is 5.75 Å². The lowest BCUT2D eigenvalue weighted by atomic mass is 10.1. The molecule has 0 aliphatic heterocycles. The fraction of sp³-hybridized carbons (Fsp3) is 0.150. The summed E-state index contributed by atoms with van der Waals surface area (Å²) in [5.41, 5.74) is -3.54. The number of aromatic nitrogens is 2. The Morgan fingerprint density at radius 1 is 0.848 bits per heavy atom. The highest BCUT2D eigenvalue weighted by molar-refractivity contribution is 5.99. The molecule has 0 bridgehead atoms. The Labute approximate surface area is 182 Å². The van der Waals surface area contributed by atoms with Gasteiger partial charge < -0.3 is 20.7 Å². The molecule has 3 N–H and O–H groups in total. The molecule has 13 heteroatoms. The monoisotopic (exact) mass is 471 g/mol. The van der Waals surface area contributed by atoms with Gasteiger partial charge in [0.25, 0.3) is 0 Å². The van der Waals surface area contributed by atoms with Crippen LogP contribution in [0.1, 0.15) is 11.1 Å². The van der Waals surface area contributed by atoms with E-state index in [1.807, 2.05) is 5.32 Å². The predicted molar refractivity (Wildman–Crippen MR) is 107 cm³/mol. The largest absolute Gasteiger partial charge is 0.439 e. The van der Waals surface area contributed by atoms with E-state index >= 15 is 0 Å². The molecular weight excluding hydrogens is 456 g/mol. The second kappa shape index (κ2) is 9.22. The highest BCUT2D eigenvalue weighted by atomic mass is 19.4. The second-order valence-electron chi connectivity index (χ2n) is 6.47. The summed E-state index contributed by atoms with van der Waals surface area (Å²) in [7, 11) is 1.63. The van der Waals surface area contributed by atoms with E-state index in [1.165, 1.54) is 36.5 Å². The number of rotatable bonds is 5. The van der Waals surface area contributed by atoms with Gasteiger partial charge in [0, 0.05) is 30.7 Å². The fourth-order valence-corrected chi connectivity index (χ4v) is 2.57. The third kappa shape index (κ3) is 6.48. The zero-order valence-electron chi connectivity index (χ0n) is 16.7. The molecule has 0 unspecified atom stereocenters. The van der Waals surface area contributed by atoms with E-state index in [0.29, 0.717) is 23.8 Å². The van der Waals surface area contributed by atoms with Crippen molar-refractivity contribution in [1.29, 1.82) is 0 Å². The summed E-state index contributed by atoms with van der Waals surface area (Å²) in [5, 5.41) is 7.04. The number of carbonyl (C=O) groups excluding carboxylic acids is 1. The Hall–Kier alpha value is -4.03. The van der Waals surface area contributed by atoms with Crippen molar-refractivity contribution in [2.45, 2.75) is 12.4 Å². The highest BCUT2D eigenvalue weighted by Crippen LogP contribution is 2.37. The molecule has 2 amide bonds. The molecule has 33 heavy (non-hydrogen) atoms. The summed E-state index contributed by atoms with van der Waals surface area (Å²) in [4.78, 5) is 20.1. The van der Waals surface area contributed by atoms with Crippen molar-refractivity contribution in [2.75, 3.05) is 23.0 Å². The van der Waals surface area contributed by atoms with Gasteiger partial charge in [-0.05, 0) is 42.5 Å². The number of alkyl halides is 6. The number of ether oxygens (including phenoxy) is 1. The summed E-state index contributed by atoms with van der Waals surface area (Å²) in [6, 6.07) is 7.06. The zero-order chi connectivity index (χ0) is 24.2. The van der Waals surface area contributed by atoms with Crippen LogP contribution >= 0.6 is 0 Å². The molecule has 1 aromatic heterocycles. The fourth-order valence-electron chi connectivity index (χ4n) is 2.57. The minimum Gasteiger partial charge on any atom is -0.439 e. The van der Waals surface area contributed by atoms with E-state index in [0.717, 1.165) is 0 Å². The molecular formula is C20H15F6N5O2. The molecule has 1 heterocycles. The van der Waals surface area contributed by atoms with Crippen molar-refractivity contribution in [3.8, 4) is 11.6 Å². The van der Waals surface area contributed by atoms with Gasteiger partial charge >= 0.3 is 18.4 Å². The normalized spacial score (nSPS) is 11.6. The molecule has 0 aliphatic carbocycles. The number of hydrogen-bond acceptors (Lipinski definition) is 5. The van der Waals surface area contributed by atoms with Gasteiger partial charge in [0.2, 0.25) is 11.8 Å². The number of anilines is 3. The van der Waals surface area contributed by atoms with Crippen LogP contribution in [0.25, 0.3) is 0 Å². The molecule has 2 aromatic carbocycles. The number of halogens is 6. The molecule has 3 rings (SSSR count). The first kappa shape index (κ1) is 23.6. The number of nitrogens with one attached hydrogen (secondary N) is 3. The first-order chi connectivity index (χ1) is 15.4. The van der Waals surface area contributed by atoms with E-state index in [-0.39, 0.29) is 17.6 Å². The van der Waals surface area contributed by atoms with Gasteiger partial charge in [-0.2, -0.15) is 31.3 Å². The standard InChI is InChI=1S/C20H15F6N5O2/c1-27-17-28-7-6-16(31-17)33-15-4-2-13(3-5-15)29-18(32)30-14-9-11(19(21,22)23)8-12(10-14)20(24,25)26/h2-10H,1H3,(H,27,28,31)(H2,29,30,32). The van der Waals surface area contributed by atoms with Crippen LogP contribution in [-0.4, -0.2) is 23.0 Å². The van der Waals surface area contributed by atoms with E-state index in [1.54, 1.807) is 7.05 Å². The summed E-state index contributed by atoms with van der Waals surface area (Å²) < 4.78 is 83.2. The molecule has 7 nitrogen and oxygen atoms in total. The van der Waals surface area contributed by atoms with Crippen LogP contribution in [-0.2, 0) is 12.4 Å². The first-order valence-electron chi connectivity index (χ1n) is 9.10. The lowest BCUT2D eigenvalue weighted by Gasteiger charge is -2.15. The average Bonchev–Trinajstić information content (AvgIpc) is 2.74. The van der Waals surface area contributed by atoms with Crippen molar-refractivity contribution in [3.05, 3.63) is 65.9 Å². The lowest BCUT2D eigenvalue weighted by Crippen LogP contribution is -2.20. The van der Waals surface area contributed by atoms with Crippen molar-refractivity contribution in [2.24, 2.45) is 0 Å². The van der Waals surface area contributed by atoms with Crippen LogP contribution in [0, 0.1) is 0 Å². The van der Waals surface area contributed by atoms with Crippen LogP contribution in [0.3, 0.4) is 0 Å². The van der Waals surface area contributed by atoms with Gasteiger partial charge in [-0.25, -0.2) is 9.78 Å². The Morgan fingerprint density at radius 2 is 1.42 bits per heavy atom. The van der Waals surface area contributed by atoms with Gasteiger partial charge in [0.05, 0.1) is 11.1 Å². The molecule has 0 radical (unpaired) electrons. The minimum atomic E-state index is -5.03. The van der Waals surface area contributed by atoms with Crippen molar-refractivity contribution >= 4 is 23.4 Å². The first-order valence-corrected chi connectivity index (χ1v) is 9.10. The van der Waals surface area contributed by atoms with E-state index in [9.17, 15) is 31.1 Å². The lowest BCUT2D eigenvalue weighted by molar-refractivity contribution is -0.143. The van der Waals surface area contributed by atoms with Crippen LogP contribution in [0.4, 0.5) is 48.5 Å². The molecule has 0 atom stereocenters. The summed E-state index contributed by atoms with van der Waals surface area (Å²) in [6.07, 6.45) is -8.57. The van der Waals surface area contributed by atoms with Crippen molar-refractivity contribution < 1.29 is 35.9 Å². The molecule has 0 saturated heterocycles. The van der Waals surface area contributed by atoms with Crippen molar-refractivity contribution in [3.63, 3.8) is 0 Å². The van der Waals surface area contributed by atoms with E-state index < -0.39 is 35.2 Å². The van der Waals surface area contributed by atoms with Gasteiger partial charge in [-0.15, -0.1) is 0 Å². The van der Waals surface area contributed by atoms with Crippen LogP contribution in [0.2, 0.25) is 0 Å². The highest BCUT2D eigenvalue weighted by Gasteiger charge is 2.37. The zero-order valence-corrected chi connectivity index (χ0v) is 16.7. The number of urea groups is 1. The maximum atomic E-state index is 12.9. The van der Waals surface area contributed by atoms with Crippen molar-refractivity contribution in [1.82, 2.24) is 9.97 Å². The molecule has 3 aromatic rings. The molecule has 0 saturated carbocycles. The molecule has 0 fully saturated rings. The third-order valence-corrected chi connectivity index (χ3v) is 4.03.